The Bertz CT molecular complexity index is 743. The minimum absolute atomic E-state index is 0.113. The maximum Gasteiger partial charge on any atom is 0.293 e. The topological polar surface area (TPSA) is 51.5 Å². The van der Waals surface area contributed by atoms with E-state index in [9.17, 15) is 14.0 Å². The van der Waals surface area contributed by atoms with E-state index in [0.717, 1.165) is 0 Å². The van der Waals surface area contributed by atoms with Gasteiger partial charge in [0.25, 0.3) is 5.56 Å². The molecule has 0 radical (unpaired) electrons. The highest BCUT2D eigenvalue weighted by Gasteiger charge is 2.16. The number of nitrogens with zero attached hydrogens (tertiary/aromatic N) is 2. The third kappa shape index (κ3) is 3.97. The van der Waals surface area contributed by atoms with Gasteiger partial charge in [0.2, 0.25) is 5.91 Å². The molecular formula is C17H19FN2O3. The third-order valence-electron chi connectivity index (χ3n) is 3.56. The lowest BCUT2D eigenvalue weighted by molar-refractivity contribution is -0.132. The summed E-state index contributed by atoms with van der Waals surface area (Å²) in [6.45, 7) is 2.29. The fourth-order valence-corrected chi connectivity index (χ4v) is 2.25. The van der Waals surface area contributed by atoms with Crippen LogP contribution in [0.5, 0.6) is 5.75 Å². The van der Waals surface area contributed by atoms with E-state index in [2.05, 4.69) is 0 Å². The summed E-state index contributed by atoms with van der Waals surface area (Å²) in [5.41, 5.74) is 0.0750. The quantitative estimate of drug-likeness (QED) is 0.819. The Morgan fingerprint density at radius 3 is 2.65 bits per heavy atom. The van der Waals surface area contributed by atoms with Crippen LogP contribution in [0.15, 0.2) is 47.4 Å². The number of pyridine rings is 1. The molecule has 5 nitrogen and oxygen atoms in total. The minimum atomic E-state index is -0.370. The second-order valence-corrected chi connectivity index (χ2v) is 5.01. The zero-order valence-corrected chi connectivity index (χ0v) is 13.2. The van der Waals surface area contributed by atoms with E-state index in [1.165, 1.54) is 28.8 Å². The molecule has 2 rings (SSSR count). The van der Waals surface area contributed by atoms with Crippen LogP contribution in [0.4, 0.5) is 4.39 Å². The Kier molecular flexibility index (Phi) is 5.51. The molecule has 0 saturated carbocycles. The molecular weight excluding hydrogens is 299 g/mol. The first-order chi connectivity index (χ1) is 11.1. The molecule has 0 N–H and O–H groups in total. The summed E-state index contributed by atoms with van der Waals surface area (Å²) in [7, 11) is 1.40. The van der Waals surface area contributed by atoms with Crippen molar-refractivity contribution in [2.75, 3.05) is 13.7 Å². The van der Waals surface area contributed by atoms with Gasteiger partial charge in [0.1, 0.15) is 12.4 Å². The molecule has 0 unspecified atom stereocenters. The third-order valence-corrected chi connectivity index (χ3v) is 3.56. The van der Waals surface area contributed by atoms with E-state index in [0.29, 0.717) is 12.1 Å². The summed E-state index contributed by atoms with van der Waals surface area (Å²) in [6, 6.07) is 9.51. The monoisotopic (exact) mass is 318 g/mol. The highest BCUT2D eigenvalue weighted by molar-refractivity contribution is 5.76. The van der Waals surface area contributed by atoms with E-state index in [1.54, 1.807) is 30.3 Å². The van der Waals surface area contributed by atoms with Gasteiger partial charge in [0.15, 0.2) is 5.75 Å². The van der Waals surface area contributed by atoms with Gasteiger partial charge in [-0.1, -0.05) is 18.2 Å². The van der Waals surface area contributed by atoms with Gasteiger partial charge < -0.3 is 14.2 Å². The van der Waals surface area contributed by atoms with Gasteiger partial charge >= 0.3 is 0 Å². The first kappa shape index (κ1) is 16.7. The SMILES string of the molecule is CCN(Cc1ccccc1F)C(=O)Cn1cccc(OC)c1=O. The van der Waals surface area contributed by atoms with Crippen molar-refractivity contribution in [1.82, 2.24) is 9.47 Å². The zero-order valence-electron chi connectivity index (χ0n) is 13.2. The number of carbonyl (C=O) groups excluding carboxylic acids is 1. The molecule has 0 aliphatic rings. The lowest BCUT2D eigenvalue weighted by Gasteiger charge is -2.22. The zero-order chi connectivity index (χ0) is 16.8. The van der Waals surface area contributed by atoms with Crippen molar-refractivity contribution in [3.8, 4) is 5.75 Å². The van der Waals surface area contributed by atoms with E-state index in [1.807, 2.05) is 6.92 Å². The van der Waals surface area contributed by atoms with Crippen LogP contribution in [0.25, 0.3) is 0 Å². The van der Waals surface area contributed by atoms with Gasteiger partial charge in [-0.2, -0.15) is 0 Å². The van der Waals surface area contributed by atoms with Crippen molar-refractivity contribution in [2.24, 2.45) is 0 Å². The fourth-order valence-electron chi connectivity index (χ4n) is 2.25. The standard InChI is InChI=1S/C17H19FN2O3/c1-3-19(11-13-7-4-5-8-14(13)18)16(21)12-20-10-6-9-15(23-2)17(20)22/h4-10H,3,11-12H2,1-2H3. The van der Waals surface area contributed by atoms with Crippen molar-refractivity contribution in [3.63, 3.8) is 0 Å². The van der Waals surface area contributed by atoms with Gasteiger partial charge in [-0.05, 0) is 25.1 Å². The number of halogens is 1. The number of benzene rings is 1. The summed E-state index contributed by atoms with van der Waals surface area (Å²) in [5, 5.41) is 0. The van der Waals surface area contributed by atoms with Gasteiger partial charge in [-0.25, -0.2) is 4.39 Å². The Morgan fingerprint density at radius 1 is 1.26 bits per heavy atom. The lowest BCUT2D eigenvalue weighted by atomic mass is 10.2. The van der Waals surface area contributed by atoms with Crippen LogP contribution in [0, 0.1) is 5.82 Å². The minimum Gasteiger partial charge on any atom is -0.491 e. The molecule has 1 amide bonds. The molecule has 0 aliphatic carbocycles. The van der Waals surface area contributed by atoms with Crippen molar-refractivity contribution in [2.45, 2.75) is 20.0 Å². The second kappa shape index (κ2) is 7.58. The number of hydrogen-bond donors (Lipinski definition) is 0. The molecule has 122 valence electrons. The number of carbonyl (C=O) groups is 1. The Hall–Kier alpha value is -2.63. The number of methoxy groups -OCH3 is 1. The highest BCUT2D eigenvalue weighted by atomic mass is 19.1. The molecule has 0 spiro atoms. The normalized spacial score (nSPS) is 10.4. The van der Waals surface area contributed by atoms with Crippen LogP contribution < -0.4 is 10.3 Å². The molecule has 1 heterocycles. The number of likely N-dealkylation sites (N-methyl/N-ethyl adjacent to an activating group) is 1. The van der Waals surface area contributed by atoms with E-state index in [4.69, 9.17) is 4.74 Å². The number of rotatable bonds is 6. The van der Waals surface area contributed by atoms with Gasteiger partial charge in [-0.3, -0.25) is 9.59 Å². The summed E-state index contributed by atoms with van der Waals surface area (Å²) >= 11 is 0. The molecule has 0 atom stereocenters. The molecule has 6 heteroatoms. The molecule has 0 bridgehead atoms. The first-order valence-electron chi connectivity index (χ1n) is 7.31. The van der Waals surface area contributed by atoms with Crippen molar-refractivity contribution in [1.29, 1.82) is 0 Å². The molecule has 1 aromatic heterocycles. The van der Waals surface area contributed by atoms with E-state index < -0.39 is 0 Å². The number of ether oxygens (including phenoxy) is 1. The molecule has 0 fully saturated rings. The lowest BCUT2D eigenvalue weighted by Crippen LogP contribution is -2.36. The summed E-state index contributed by atoms with van der Waals surface area (Å²) < 4.78 is 20.0. The van der Waals surface area contributed by atoms with E-state index >= 15 is 0 Å². The summed E-state index contributed by atoms with van der Waals surface area (Å²) in [4.78, 5) is 26.0. The van der Waals surface area contributed by atoms with Gasteiger partial charge in [-0.15, -0.1) is 0 Å². The van der Waals surface area contributed by atoms with Crippen molar-refractivity contribution >= 4 is 5.91 Å². The van der Waals surface area contributed by atoms with Crippen LogP contribution in [0.1, 0.15) is 12.5 Å². The van der Waals surface area contributed by atoms with Crippen LogP contribution in [-0.2, 0) is 17.9 Å². The summed E-state index contributed by atoms with van der Waals surface area (Å²) in [5.74, 6) is -0.430. The van der Waals surface area contributed by atoms with Gasteiger partial charge in [0.05, 0.1) is 7.11 Å². The average molecular weight is 318 g/mol. The van der Waals surface area contributed by atoms with Gasteiger partial charge in [0, 0.05) is 24.8 Å². The van der Waals surface area contributed by atoms with E-state index in [-0.39, 0.29) is 36.1 Å². The number of amides is 1. The maximum absolute atomic E-state index is 13.7. The molecule has 2 aromatic rings. The Morgan fingerprint density at radius 2 is 2.00 bits per heavy atom. The Balaban J connectivity index is 2.15. The maximum atomic E-state index is 13.7. The van der Waals surface area contributed by atoms with Crippen molar-refractivity contribution < 1.29 is 13.9 Å². The van der Waals surface area contributed by atoms with Crippen LogP contribution in [0.3, 0.4) is 0 Å². The largest absolute Gasteiger partial charge is 0.491 e. The number of aromatic nitrogens is 1. The van der Waals surface area contributed by atoms with Crippen LogP contribution in [0.2, 0.25) is 0 Å². The summed E-state index contributed by atoms with van der Waals surface area (Å²) in [6.07, 6.45) is 1.53. The predicted molar refractivity (Wildman–Crippen MR) is 84.7 cm³/mol. The highest BCUT2D eigenvalue weighted by Crippen LogP contribution is 2.10. The number of hydrogen-bond acceptors (Lipinski definition) is 3. The van der Waals surface area contributed by atoms with Crippen LogP contribution in [-0.4, -0.2) is 29.0 Å². The smallest absolute Gasteiger partial charge is 0.293 e. The average Bonchev–Trinajstić information content (AvgIpc) is 2.56. The Labute approximate surface area is 133 Å². The second-order valence-electron chi connectivity index (χ2n) is 5.01. The first-order valence-corrected chi connectivity index (χ1v) is 7.31. The molecule has 23 heavy (non-hydrogen) atoms. The molecule has 0 aliphatic heterocycles. The fraction of sp³-hybridized carbons (Fsp3) is 0.294. The predicted octanol–water partition coefficient (Wildman–Crippen LogP) is 2.04. The van der Waals surface area contributed by atoms with Crippen molar-refractivity contribution in [3.05, 3.63) is 64.3 Å². The molecule has 1 aromatic carbocycles. The van der Waals surface area contributed by atoms with Crippen LogP contribution >= 0.6 is 0 Å². The molecule has 0 saturated heterocycles.